The summed E-state index contributed by atoms with van der Waals surface area (Å²) in [6.07, 6.45) is 10.7. The molecule has 4 fully saturated rings. The van der Waals surface area contributed by atoms with Crippen molar-refractivity contribution in [2.24, 2.45) is 50.2 Å². The lowest BCUT2D eigenvalue weighted by Gasteiger charge is -2.72. The van der Waals surface area contributed by atoms with Gasteiger partial charge in [0.05, 0.1) is 24.2 Å². The number of carbonyl (C=O) groups is 1. The Morgan fingerprint density at radius 3 is 2.25 bits per heavy atom. The van der Waals surface area contributed by atoms with Gasteiger partial charge in [0.1, 0.15) is 6.10 Å². The first-order valence-electron chi connectivity index (χ1n) is 16.4. The maximum atomic E-state index is 13.4. The van der Waals surface area contributed by atoms with Crippen molar-refractivity contribution in [1.29, 1.82) is 0 Å². The first-order valence-corrected chi connectivity index (χ1v) is 16.4. The summed E-state index contributed by atoms with van der Waals surface area (Å²) < 4.78 is 5.86. The monoisotopic (exact) mass is 558 g/mol. The third kappa shape index (κ3) is 3.99. The number of rotatable bonds is 5. The maximum absolute atomic E-state index is 13.4. The highest BCUT2D eigenvalue weighted by molar-refractivity contribution is 5.76. The van der Waals surface area contributed by atoms with Crippen LogP contribution in [0.1, 0.15) is 126 Å². The average molecular weight is 559 g/mol. The van der Waals surface area contributed by atoms with Gasteiger partial charge in [0, 0.05) is 5.41 Å². The van der Waals surface area contributed by atoms with Crippen LogP contribution in [0.5, 0.6) is 0 Å². The van der Waals surface area contributed by atoms with Gasteiger partial charge in [0.15, 0.2) is 0 Å². The summed E-state index contributed by atoms with van der Waals surface area (Å²) in [5.74, 6) is 0.703. The van der Waals surface area contributed by atoms with E-state index in [1.807, 2.05) is 0 Å². The number of ether oxygens (including phenoxy) is 1. The molecule has 0 aromatic heterocycles. The molecule has 4 saturated carbocycles. The van der Waals surface area contributed by atoms with E-state index < -0.39 is 34.6 Å². The Labute approximate surface area is 243 Å². The molecular weight excluding hydrogens is 500 g/mol. The van der Waals surface area contributed by atoms with Gasteiger partial charge in [-0.25, -0.2) is 0 Å². The van der Waals surface area contributed by atoms with Crippen LogP contribution in [0.25, 0.3) is 0 Å². The number of allylic oxidation sites excluding steroid dienone is 2. The molecule has 228 valence electrons. The number of unbranched alkanes of at least 4 members (excludes halogenated alkanes) is 2. The molecule has 0 saturated heterocycles. The van der Waals surface area contributed by atoms with Gasteiger partial charge in [-0.05, 0) is 104 Å². The summed E-state index contributed by atoms with van der Waals surface area (Å²) in [7, 11) is 0. The standard InChI is InChI=1S/C35H58O5/c1-9-10-11-20-40-29(39)32(5)17-16-31(4)18-19-33(6)22(23(31)21-32)12-13-25-34(33,7)15-14-24-30(2,3)27(37)26(36)28(38)35(24,25)8/h12,23-28,36-38H,9-11,13-21H2,1-8H3/t23-,24-,25-,26+,27-,28-,31+,32-,33+,34+,35-/m0/s1. The van der Waals surface area contributed by atoms with Crippen LogP contribution in [0.4, 0.5) is 0 Å². The number of fused-ring (bicyclic) bond motifs is 7. The largest absolute Gasteiger partial charge is 0.465 e. The first-order chi connectivity index (χ1) is 18.5. The van der Waals surface area contributed by atoms with E-state index in [4.69, 9.17) is 4.74 Å². The number of aliphatic hydroxyl groups excluding tert-OH is 3. The minimum absolute atomic E-state index is 0.00782. The summed E-state index contributed by atoms with van der Waals surface area (Å²) in [5, 5.41) is 33.7. The smallest absolute Gasteiger partial charge is 0.311 e. The van der Waals surface area contributed by atoms with Crippen molar-refractivity contribution in [3.63, 3.8) is 0 Å². The average Bonchev–Trinajstić information content (AvgIpc) is 2.90. The number of hydrogen-bond acceptors (Lipinski definition) is 5. The van der Waals surface area contributed by atoms with Crippen LogP contribution in [0.3, 0.4) is 0 Å². The summed E-state index contributed by atoms with van der Waals surface area (Å²) in [6.45, 7) is 18.6. The van der Waals surface area contributed by atoms with E-state index in [0.29, 0.717) is 12.5 Å². The summed E-state index contributed by atoms with van der Waals surface area (Å²) in [6, 6.07) is 0. The minimum Gasteiger partial charge on any atom is -0.465 e. The van der Waals surface area contributed by atoms with Crippen LogP contribution in [-0.2, 0) is 9.53 Å². The number of hydrogen-bond donors (Lipinski definition) is 3. The van der Waals surface area contributed by atoms with Crippen molar-refractivity contribution < 1.29 is 24.9 Å². The summed E-state index contributed by atoms with van der Waals surface area (Å²) in [5.41, 5.74) is 0.305. The zero-order chi connectivity index (χ0) is 29.5. The van der Waals surface area contributed by atoms with Crippen LogP contribution < -0.4 is 0 Å². The van der Waals surface area contributed by atoms with Crippen LogP contribution in [0, 0.1) is 50.2 Å². The van der Waals surface area contributed by atoms with Gasteiger partial charge in [-0.3, -0.25) is 4.79 Å². The van der Waals surface area contributed by atoms with Gasteiger partial charge in [0.2, 0.25) is 0 Å². The van der Waals surface area contributed by atoms with Gasteiger partial charge in [-0.15, -0.1) is 0 Å². The van der Waals surface area contributed by atoms with E-state index in [1.54, 1.807) is 5.57 Å². The molecule has 0 aromatic carbocycles. The Bertz CT molecular complexity index is 1030. The second-order valence-electron chi connectivity index (χ2n) is 16.7. The molecule has 5 aliphatic carbocycles. The predicted molar refractivity (Wildman–Crippen MR) is 158 cm³/mol. The molecule has 0 bridgehead atoms. The molecule has 0 radical (unpaired) electrons. The van der Waals surface area contributed by atoms with Gasteiger partial charge >= 0.3 is 5.97 Å². The van der Waals surface area contributed by atoms with E-state index in [0.717, 1.165) is 70.6 Å². The van der Waals surface area contributed by atoms with E-state index in [1.165, 1.54) is 0 Å². The zero-order valence-corrected chi connectivity index (χ0v) is 26.7. The molecule has 0 heterocycles. The molecule has 0 aromatic rings. The van der Waals surface area contributed by atoms with Crippen molar-refractivity contribution in [3.8, 4) is 0 Å². The van der Waals surface area contributed by atoms with Crippen molar-refractivity contribution in [2.75, 3.05) is 6.61 Å². The molecule has 5 aliphatic rings. The summed E-state index contributed by atoms with van der Waals surface area (Å²) >= 11 is 0. The molecule has 0 spiro atoms. The van der Waals surface area contributed by atoms with Crippen molar-refractivity contribution in [3.05, 3.63) is 11.6 Å². The van der Waals surface area contributed by atoms with E-state index >= 15 is 0 Å². The third-order valence-electron chi connectivity index (χ3n) is 14.4. The van der Waals surface area contributed by atoms with Crippen molar-refractivity contribution >= 4 is 5.97 Å². The lowest BCUT2D eigenvalue weighted by molar-refractivity contribution is -0.278. The van der Waals surface area contributed by atoms with Gasteiger partial charge in [0.25, 0.3) is 0 Å². The van der Waals surface area contributed by atoms with Gasteiger partial charge in [-0.2, -0.15) is 0 Å². The highest BCUT2D eigenvalue weighted by Gasteiger charge is 2.71. The molecule has 0 aliphatic heterocycles. The van der Waals surface area contributed by atoms with Crippen molar-refractivity contribution in [1.82, 2.24) is 0 Å². The van der Waals surface area contributed by atoms with Crippen LogP contribution in [0.2, 0.25) is 0 Å². The zero-order valence-electron chi connectivity index (χ0n) is 26.7. The molecule has 40 heavy (non-hydrogen) atoms. The Kier molecular flexibility index (Phi) is 7.49. The molecule has 0 unspecified atom stereocenters. The lowest BCUT2D eigenvalue weighted by Crippen LogP contribution is -2.71. The highest BCUT2D eigenvalue weighted by atomic mass is 16.5. The second-order valence-corrected chi connectivity index (χ2v) is 16.7. The SMILES string of the molecule is CCCCCOC(=O)[C@@]1(C)CC[C@]2(C)CC[C@]3(C)C(=CC[C@@H]4[C@@]5(C)[C@@H](O)[C@H](O)[C@H](O)C(C)(C)[C@@H]5CC[C@]43C)[C@@H]2C1. The molecule has 5 heteroatoms. The number of esters is 1. The van der Waals surface area contributed by atoms with E-state index in [9.17, 15) is 20.1 Å². The second kappa shape index (κ2) is 9.81. The quantitative estimate of drug-likeness (QED) is 0.196. The topological polar surface area (TPSA) is 87.0 Å². The van der Waals surface area contributed by atoms with Crippen LogP contribution in [0.15, 0.2) is 11.6 Å². The maximum Gasteiger partial charge on any atom is 0.311 e. The summed E-state index contributed by atoms with van der Waals surface area (Å²) in [4.78, 5) is 13.4. The Morgan fingerprint density at radius 1 is 0.900 bits per heavy atom. The molecule has 11 atom stereocenters. The van der Waals surface area contributed by atoms with Gasteiger partial charge < -0.3 is 20.1 Å². The van der Waals surface area contributed by atoms with E-state index in [2.05, 4.69) is 61.5 Å². The highest BCUT2D eigenvalue weighted by Crippen LogP contribution is 2.75. The number of carbonyl (C=O) groups excluding carboxylic acids is 1. The van der Waals surface area contributed by atoms with Crippen LogP contribution in [-0.4, -0.2) is 46.2 Å². The molecular formula is C35H58O5. The van der Waals surface area contributed by atoms with Crippen molar-refractivity contribution in [2.45, 2.75) is 144 Å². The molecule has 3 N–H and O–H groups in total. The first kappa shape index (κ1) is 30.5. The third-order valence-corrected chi connectivity index (χ3v) is 14.4. The Morgan fingerprint density at radius 2 is 1.57 bits per heavy atom. The Hall–Kier alpha value is -0.910. The fourth-order valence-electron chi connectivity index (χ4n) is 11.3. The molecule has 5 nitrogen and oxygen atoms in total. The van der Waals surface area contributed by atoms with Crippen LogP contribution >= 0.6 is 0 Å². The molecule has 0 amide bonds. The van der Waals surface area contributed by atoms with Gasteiger partial charge in [-0.1, -0.05) is 73.0 Å². The Balaban J connectivity index is 1.49. The fraction of sp³-hybridized carbons (Fsp3) is 0.914. The lowest BCUT2D eigenvalue weighted by atomic mass is 9.33. The fourth-order valence-corrected chi connectivity index (χ4v) is 11.3. The normalized spacial score (nSPS) is 51.4. The predicted octanol–water partition coefficient (Wildman–Crippen LogP) is 6.82. The molecule has 5 rings (SSSR count). The van der Waals surface area contributed by atoms with E-state index in [-0.39, 0.29) is 34.1 Å². The minimum atomic E-state index is -1.13. The number of aliphatic hydroxyl groups is 3.